The van der Waals surface area contributed by atoms with E-state index in [1.165, 1.54) is 17.5 Å². The minimum atomic E-state index is -0.394. The Balaban J connectivity index is 1.87. The second-order valence-electron chi connectivity index (χ2n) is 5.30. The van der Waals surface area contributed by atoms with Gasteiger partial charge in [-0.25, -0.2) is 0 Å². The van der Waals surface area contributed by atoms with Crippen LogP contribution in [0.2, 0.25) is 0 Å². The summed E-state index contributed by atoms with van der Waals surface area (Å²) in [5.74, 6) is 0. The first-order chi connectivity index (χ1) is 10.6. The van der Waals surface area contributed by atoms with Gasteiger partial charge in [0.2, 0.25) is 0 Å². The number of hydrogen-bond acceptors (Lipinski definition) is 3. The number of nitrogens with zero attached hydrogens (tertiary/aromatic N) is 1. The van der Waals surface area contributed by atoms with E-state index in [0.717, 1.165) is 16.5 Å². The van der Waals surface area contributed by atoms with Crippen LogP contribution in [-0.4, -0.2) is 4.92 Å². The summed E-state index contributed by atoms with van der Waals surface area (Å²) < 4.78 is 0. The van der Waals surface area contributed by atoms with E-state index in [4.69, 9.17) is 5.73 Å². The van der Waals surface area contributed by atoms with Crippen molar-refractivity contribution in [1.82, 2.24) is 0 Å². The Hall–Kier alpha value is -2.72. The van der Waals surface area contributed by atoms with Gasteiger partial charge in [-0.05, 0) is 28.3 Å². The Morgan fingerprint density at radius 2 is 1.64 bits per heavy atom. The molecule has 0 bridgehead atoms. The molecule has 3 rings (SSSR count). The van der Waals surface area contributed by atoms with E-state index in [1.807, 2.05) is 24.3 Å². The number of non-ortho nitro benzene ring substituents is 1. The molecule has 0 aliphatic heterocycles. The Morgan fingerprint density at radius 1 is 0.955 bits per heavy atom. The molecule has 0 spiro atoms. The van der Waals surface area contributed by atoms with Crippen LogP contribution in [0.15, 0.2) is 66.7 Å². The predicted octanol–water partition coefficient (Wildman–Crippen LogP) is 3.99. The lowest BCUT2D eigenvalue weighted by atomic mass is 9.95. The van der Waals surface area contributed by atoms with Crippen LogP contribution in [0.5, 0.6) is 0 Å². The van der Waals surface area contributed by atoms with Crippen LogP contribution >= 0.6 is 0 Å². The molecule has 4 heteroatoms. The molecule has 1 unspecified atom stereocenters. The lowest BCUT2D eigenvalue weighted by molar-refractivity contribution is -0.384. The van der Waals surface area contributed by atoms with E-state index in [2.05, 4.69) is 18.2 Å². The molecule has 2 N–H and O–H groups in total. The number of benzene rings is 3. The van der Waals surface area contributed by atoms with E-state index in [9.17, 15) is 10.1 Å². The average molecular weight is 292 g/mol. The van der Waals surface area contributed by atoms with Gasteiger partial charge in [-0.3, -0.25) is 10.1 Å². The maximum Gasteiger partial charge on any atom is 0.269 e. The highest BCUT2D eigenvalue weighted by Crippen LogP contribution is 2.25. The standard InChI is InChI=1S/C18H16N2O2/c19-18(12-13-8-10-15(11-9-13)20(21)22)17-7-3-5-14-4-1-2-6-16(14)17/h1-11,18H,12,19H2. The number of nitro groups is 1. The molecule has 0 radical (unpaired) electrons. The third-order valence-corrected chi connectivity index (χ3v) is 3.83. The summed E-state index contributed by atoms with van der Waals surface area (Å²) in [6.07, 6.45) is 0.645. The van der Waals surface area contributed by atoms with Crippen LogP contribution in [0.1, 0.15) is 17.2 Å². The second kappa shape index (κ2) is 5.95. The SMILES string of the molecule is NC(Cc1ccc([N+](=O)[O-])cc1)c1cccc2ccccc12. The first kappa shape index (κ1) is 14.2. The average Bonchev–Trinajstić information content (AvgIpc) is 2.54. The largest absolute Gasteiger partial charge is 0.324 e. The molecule has 3 aromatic carbocycles. The number of rotatable bonds is 4. The molecule has 4 nitrogen and oxygen atoms in total. The van der Waals surface area contributed by atoms with Crippen LogP contribution in [0.4, 0.5) is 5.69 Å². The van der Waals surface area contributed by atoms with Crippen LogP contribution in [0, 0.1) is 10.1 Å². The molecule has 0 aliphatic rings. The van der Waals surface area contributed by atoms with Crippen molar-refractivity contribution >= 4 is 16.5 Å². The Bertz CT molecular complexity index is 807. The number of nitrogens with two attached hydrogens (primary N) is 1. The van der Waals surface area contributed by atoms with E-state index in [-0.39, 0.29) is 11.7 Å². The molecule has 22 heavy (non-hydrogen) atoms. The molecule has 1 atom stereocenters. The van der Waals surface area contributed by atoms with Gasteiger partial charge in [0, 0.05) is 18.2 Å². The highest BCUT2D eigenvalue weighted by Gasteiger charge is 2.11. The van der Waals surface area contributed by atoms with Crippen molar-refractivity contribution < 1.29 is 4.92 Å². The highest BCUT2D eigenvalue weighted by atomic mass is 16.6. The summed E-state index contributed by atoms with van der Waals surface area (Å²) >= 11 is 0. The van der Waals surface area contributed by atoms with Gasteiger partial charge in [0.1, 0.15) is 0 Å². The van der Waals surface area contributed by atoms with Crippen LogP contribution < -0.4 is 5.73 Å². The van der Waals surface area contributed by atoms with Crippen molar-refractivity contribution in [2.24, 2.45) is 5.73 Å². The van der Waals surface area contributed by atoms with Crippen LogP contribution in [-0.2, 0) is 6.42 Å². The molecule has 0 amide bonds. The van der Waals surface area contributed by atoms with Gasteiger partial charge < -0.3 is 5.73 Å². The van der Waals surface area contributed by atoms with E-state index < -0.39 is 4.92 Å². The second-order valence-corrected chi connectivity index (χ2v) is 5.30. The normalized spacial score (nSPS) is 12.2. The van der Waals surface area contributed by atoms with Crippen molar-refractivity contribution in [3.05, 3.63) is 88.0 Å². The van der Waals surface area contributed by atoms with Gasteiger partial charge in [-0.2, -0.15) is 0 Å². The molecule has 3 aromatic rings. The number of fused-ring (bicyclic) bond motifs is 1. The summed E-state index contributed by atoms with van der Waals surface area (Å²) in [6.45, 7) is 0. The smallest absolute Gasteiger partial charge is 0.269 e. The van der Waals surface area contributed by atoms with Gasteiger partial charge >= 0.3 is 0 Å². The van der Waals surface area contributed by atoms with Gasteiger partial charge in [0.25, 0.3) is 5.69 Å². The zero-order valence-electron chi connectivity index (χ0n) is 12.0. The summed E-state index contributed by atoms with van der Waals surface area (Å²) in [5, 5.41) is 13.0. The molecule has 110 valence electrons. The third-order valence-electron chi connectivity index (χ3n) is 3.83. The van der Waals surface area contributed by atoms with Gasteiger partial charge in [-0.1, -0.05) is 54.6 Å². The van der Waals surface area contributed by atoms with Crippen molar-refractivity contribution in [3.8, 4) is 0 Å². The summed E-state index contributed by atoms with van der Waals surface area (Å²) in [4.78, 5) is 10.3. The van der Waals surface area contributed by atoms with Gasteiger partial charge in [0.05, 0.1) is 4.92 Å². The van der Waals surface area contributed by atoms with Crippen LogP contribution in [0.25, 0.3) is 10.8 Å². The monoisotopic (exact) mass is 292 g/mol. The maximum absolute atomic E-state index is 10.7. The van der Waals surface area contributed by atoms with Crippen molar-refractivity contribution in [3.63, 3.8) is 0 Å². The van der Waals surface area contributed by atoms with Crippen LogP contribution in [0.3, 0.4) is 0 Å². The molecular formula is C18H16N2O2. The lowest BCUT2D eigenvalue weighted by Gasteiger charge is -2.15. The van der Waals surface area contributed by atoms with Crippen molar-refractivity contribution in [1.29, 1.82) is 0 Å². The number of hydrogen-bond donors (Lipinski definition) is 1. The van der Waals surface area contributed by atoms with Gasteiger partial charge in [0.15, 0.2) is 0 Å². The zero-order chi connectivity index (χ0) is 15.5. The molecule has 0 heterocycles. The first-order valence-corrected chi connectivity index (χ1v) is 7.12. The zero-order valence-corrected chi connectivity index (χ0v) is 12.0. The van der Waals surface area contributed by atoms with E-state index >= 15 is 0 Å². The molecule has 0 aromatic heterocycles. The summed E-state index contributed by atoms with van der Waals surface area (Å²) in [5.41, 5.74) is 8.54. The maximum atomic E-state index is 10.7. The fourth-order valence-corrected chi connectivity index (χ4v) is 2.69. The van der Waals surface area contributed by atoms with Crippen molar-refractivity contribution in [2.45, 2.75) is 12.5 Å². The lowest BCUT2D eigenvalue weighted by Crippen LogP contribution is -2.13. The predicted molar refractivity (Wildman–Crippen MR) is 87.7 cm³/mol. The Labute approximate surface area is 128 Å². The Kier molecular flexibility index (Phi) is 3.85. The quantitative estimate of drug-likeness (QED) is 0.584. The first-order valence-electron chi connectivity index (χ1n) is 7.12. The number of nitro benzene ring substituents is 1. The fraction of sp³-hybridized carbons (Fsp3) is 0.111. The summed E-state index contributed by atoms with van der Waals surface area (Å²) in [6, 6.07) is 20.7. The van der Waals surface area contributed by atoms with E-state index in [0.29, 0.717) is 6.42 Å². The van der Waals surface area contributed by atoms with Gasteiger partial charge in [-0.15, -0.1) is 0 Å². The minimum absolute atomic E-state index is 0.0995. The Morgan fingerprint density at radius 3 is 2.36 bits per heavy atom. The van der Waals surface area contributed by atoms with E-state index in [1.54, 1.807) is 12.1 Å². The molecule has 0 saturated carbocycles. The molecule has 0 fully saturated rings. The molecule has 0 aliphatic carbocycles. The summed E-state index contributed by atoms with van der Waals surface area (Å²) in [7, 11) is 0. The molecular weight excluding hydrogens is 276 g/mol. The topological polar surface area (TPSA) is 69.2 Å². The minimum Gasteiger partial charge on any atom is -0.324 e. The highest BCUT2D eigenvalue weighted by molar-refractivity contribution is 5.86. The van der Waals surface area contributed by atoms with Crippen molar-refractivity contribution in [2.75, 3.05) is 0 Å². The molecule has 0 saturated heterocycles. The fourth-order valence-electron chi connectivity index (χ4n) is 2.69. The third kappa shape index (κ3) is 2.82.